The lowest BCUT2D eigenvalue weighted by Gasteiger charge is -2.33. The average molecular weight is 239 g/mol. The van der Waals surface area contributed by atoms with Crippen molar-refractivity contribution in [1.29, 1.82) is 0 Å². The average Bonchev–Trinajstić information content (AvgIpc) is 2.32. The molecule has 1 fully saturated rings. The van der Waals surface area contributed by atoms with Crippen LogP contribution in [0.15, 0.2) is 18.2 Å². The van der Waals surface area contributed by atoms with Gasteiger partial charge in [-0.2, -0.15) is 0 Å². The molecule has 1 aliphatic carbocycles. The van der Waals surface area contributed by atoms with Gasteiger partial charge in [-0.05, 0) is 31.0 Å². The minimum absolute atomic E-state index is 0.620. The smallest absolute Gasteiger partial charge is 0.0614 e. The van der Waals surface area contributed by atoms with Crippen molar-refractivity contribution in [3.8, 4) is 0 Å². The second-order valence-electron chi connectivity index (χ2n) is 4.61. The zero-order chi connectivity index (χ0) is 11.5. The summed E-state index contributed by atoms with van der Waals surface area (Å²) in [7, 11) is 2.12. The number of rotatable bonds is 2. The number of benzene rings is 1. The monoisotopic (exact) mass is 238 g/mol. The van der Waals surface area contributed by atoms with Gasteiger partial charge < -0.3 is 10.6 Å². The van der Waals surface area contributed by atoms with E-state index in [-0.39, 0.29) is 0 Å². The Morgan fingerprint density at radius 3 is 2.62 bits per heavy atom. The Kier molecular flexibility index (Phi) is 3.59. The lowest BCUT2D eigenvalue weighted by atomic mass is 9.94. The molecule has 0 heterocycles. The molecule has 2 nitrogen and oxygen atoms in total. The normalized spacial score (nSPS) is 17.4. The molecule has 0 aliphatic heterocycles. The molecule has 0 saturated heterocycles. The van der Waals surface area contributed by atoms with Crippen LogP contribution >= 0.6 is 11.6 Å². The molecule has 0 atom stereocenters. The van der Waals surface area contributed by atoms with Crippen molar-refractivity contribution in [3.05, 3.63) is 23.2 Å². The topological polar surface area (TPSA) is 29.3 Å². The van der Waals surface area contributed by atoms with E-state index in [1.807, 2.05) is 18.2 Å². The van der Waals surface area contributed by atoms with Gasteiger partial charge in [0.1, 0.15) is 0 Å². The van der Waals surface area contributed by atoms with Crippen LogP contribution in [0.5, 0.6) is 0 Å². The van der Waals surface area contributed by atoms with Gasteiger partial charge in [-0.15, -0.1) is 0 Å². The van der Waals surface area contributed by atoms with E-state index in [1.54, 1.807) is 0 Å². The van der Waals surface area contributed by atoms with Gasteiger partial charge in [0.15, 0.2) is 0 Å². The van der Waals surface area contributed by atoms with Crippen LogP contribution in [0.25, 0.3) is 0 Å². The van der Waals surface area contributed by atoms with E-state index in [9.17, 15) is 0 Å². The summed E-state index contributed by atoms with van der Waals surface area (Å²) in [6, 6.07) is 6.31. The van der Waals surface area contributed by atoms with Crippen LogP contribution < -0.4 is 10.6 Å². The van der Waals surface area contributed by atoms with Gasteiger partial charge in [0, 0.05) is 18.1 Å². The van der Waals surface area contributed by atoms with Crippen LogP contribution in [0.1, 0.15) is 32.1 Å². The Hall–Kier alpha value is -0.890. The van der Waals surface area contributed by atoms with E-state index < -0.39 is 0 Å². The molecule has 0 amide bonds. The number of nitrogen functional groups attached to an aromatic ring is 1. The highest BCUT2D eigenvalue weighted by molar-refractivity contribution is 6.31. The first-order chi connectivity index (χ1) is 7.68. The number of nitrogens with zero attached hydrogens (tertiary/aromatic N) is 1. The van der Waals surface area contributed by atoms with Gasteiger partial charge in [-0.1, -0.05) is 30.9 Å². The lowest BCUT2D eigenvalue weighted by molar-refractivity contribution is 0.428. The summed E-state index contributed by atoms with van der Waals surface area (Å²) in [5.41, 5.74) is 7.88. The van der Waals surface area contributed by atoms with Crippen molar-refractivity contribution in [2.75, 3.05) is 17.7 Å². The first-order valence-electron chi connectivity index (χ1n) is 5.96. The summed E-state index contributed by atoms with van der Waals surface area (Å²) in [5, 5.41) is 0.756. The van der Waals surface area contributed by atoms with Crippen molar-refractivity contribution in [1.82, 2.24) is 0 Å². The predicted octanol–water partition coefficient (Wildman–Crippen LogP) is 3.69. The van der Waals surface area contributed by atoms with Gasteiger partial charge in [0.25, 0.3) is 0 Å². The first-order valence-corrected chi connectivity index (χ1v) is 6.34. The number of anilines is 2. The minimum atomic E-state index is 0.620. The van der Waals surface area contributed by atoms with Gasteiger partial charge in [0.05, 0.1) is 11.4 Å². The highest BCUT2D eigenvalue weighted by Crippen LogP contribution is 2.31. The molecule has 1 saturated carbocycles. The van der Waals surface area contributed by atoms with Gasteiger partial charge >= 0.3 is 0 Å². The summed E-state index contributed by atoms with van der Waals surface area (Å²) in [6.07, 6.45) is 6.56. The van der Waals surface area contributed by atoms with Crippen molar-refractivity contribution < 1.29 is 0 Å². The molecule has 3 heteroatoms. The van der Waals surface area contributed by atoms with Crippen LogP contribution in [0.2, 0.25) is 5.02 Å². The Morgan fingerprint density at radius 2 is 1.94 bits per heavy atom. The summed E-state index contributed by atoms with van der Waals surface area (Å²) in [5.74, 6) is 0. The van der Waals surface area contributed by atoms with Crippen LogP contribution in [0.3, 0.4) is 0 Å². The Labute approximate surface area is 102 Å². The summed E-state index contributed by atoms with van der Waals surface area (Å²) in [4.78, 5) is 2.29. The molecule has 0 aromatic heterocycles. The fraction of sp³-hybridized carbons (Fsp3) is 0.538. The zero-order valence-electron chi connectivity index (χ0n) is 9.75. The second kappa shape index (κ2) is 4.96. The van der Waals surface area contributed by atoms with Crippen LogP contribution in [0, 0.1) is 0 Å². The summed E-state index contributed by atoms with van der Waals surface area (Å²) in [6.45, 7) is 0. The lowest BCUT2D eigenvalue weighted by Crippen LogP contribution is -2.33. The van der Waals surface area contributed by atoms with Gasteiger partial charge in [-0.25, -0.2) is 0 Å². The fourth-order valence-electron chi connectivity index (χ4n) is 2.49. The number of nitrogens with two attached hydrogens (primary N) is 1. The van der Waals surface area contributed by atoms with Gasteiger partial charge in [-0.3, -0.25) is 0 Å². The fourth-order valence-corrected chi connectivity index (χ4v) is 2.65. The molecule has 0 bridgehead atoms. The highest BCUT2D eigenvalue weighted by Gasteiger charge is 2.19. The molecule has 0 radical (unpaired) electrons. The second-order valence-corrected chi connectivity index (χ2v) is 5.04. The molecule has 0 spiro atoms. The molecule has 88 valence electrons. The number of hydrogen-bond acceptors (Lipinski definition) is 2. The zero-order valence-corrected chi connectivity index (χ0v) is 10.5. The van der Waals surface area contributed by atoms with Crippen molar-refractivity contribution in [2.45, 2.75) is 38.1 Å². The van der Waals surface area contributed by atoms with Crippen molar-refractivity contribution >= 4 is 23.0 Å². The molecule has 1 aromatic rings. The van der Waals surface area contributed by atoms with E-state index in [4.69, 9.17) is 17.3 Å². The molecule has 0 unspecified atom stereocenters. The molecule has 16 heavy (non-hydrogen) atoms. The molecular formula is C13H19ClN2. The first kappa shape index (κ1) is 11.6. The maximum Gasteiger partial charge on any atom is 0.0614 e. The Balaban J connectivity index is 2.18. The molecule has 1 aromatic carbocycles. The van der Waals surface area contributed by atoms with E-state index in [0.717, 1.165) is 16.4 Å². The third-order valence-corrected chi connectivity index (χ3v) is 3.73. The van der Waals surface area contributed by atoms with Crippen LogP contribution in [-0.4, -0.2) is 13.1 Å². The molecule has 1 aliphatic rings. The van der Waals surface area contributed by atoms with Gasteiger partial charge in [0.2, 0.25) is 0 Å². The maximum atomic E-state index is 6.02. The van der Waals surface area contributed by atoms with E-state index in [2.05, 4.69) is 11.9 Å². The third kappa shape index (κ3) is 2.43. The summed E-state index contributed by atoms with van der Waals surface area (Å²) < 4.78 is 0. The SMILES string of the molecule is CN(c1cc(Cl)ccc1N)C1CCCCC1. The van der Waals surface area contributed by atoms with Crippen LogP contribution in [-0.2, 0) is 0 Å². The van der Waals surface area contributed by atoms with Crippen LogP contribution in [0.4, 0.5) is 11.4 Å². The van der Waals surface area contributed by atoms with E-state index in [0.29, 0.717) is 6.04 Å². The summed E-state index contributed by atoms with van der Waals surface area (Å²) >= 11 is 6.02. The predicted molar refractivity (Wildman–Crippen MR) is 71.1 cm³/mol. The molecule has 2 N–H and O–H groups in total. The highest BCUT2D eigenvalue weighted by atomic mass is 35.5. The molecule has 2 rings (SSSR count). The third-order valence-electron chi connectivity index (χ3n) is 3.49. The largest absolute Gasteiger partial charge is 0.397 e. The van der Waals surface area contributed by atoms with Crippen molar-refractivity contribution in [2.24, 2.45) is 0 Å². The Morgan fingerprint density at radius 1 is 1.25 bits per heavy atom. The Bertz CT molecular complexity index is 359. The number of hydrogen-bond donors (Lipinski definition) is 1. The maximum absolute atomic E-state index is 6.02. The van der Waals surface area contributed by atoms with Crippen molar-refractivity contribution in [3.63, 3.8) is 0 Å². The minimum Gasteiger partial charge on any atom is -0.397 e. The van der Waals surface area contributed by atoms with E-state index >= 15 is 0 Å². The standard InChI is InChI=1S/C13H19ClN2/c1-16(11-5-3-2-4-6-11)13-9-10(14)7-8-12(13)15/h7-9,11H,2-6,15H2,1H3. The molecular weight excluding hydrogens is 220 g/mol. The van der Waals surface area contributed by atoms with E-state index in [1.165, 1.54) is 32.1 Å². The quantitative estimate of drug-likeness (QED) is 0.797. The number of halogens is 1.